The van der Waals surface area contributed by atoms with E-state index in [1.165, 1.54) is 38.5 Å². The molecule has 0 aromatic carbocycles. The van der Waals surface area contributed by atoms with E-state index < -0.39 is 51.8 Å². The fourth-order valence-electron chi connectivity index (χ4n) is 5.64. The summed E-state index contributed by atoms with van der Waals surface area (Å²) in [6.45, 7) is 2.21. The molecule has 0 aromatic rings. The summed E-state index contributed by atoms with van der Waals surface area (Å²) in [4.78, 5) is 35.0. The number of rotatable bonds is 38. The lowest BCUT2D eigenvalue weighted by atomic mass is 10.1. The van der Waals surface area contributed by atoms with Crippen LogP contribution in [0.3, 0.4) is 0 Å². The number of phosphoric ester groups is 1. The second kappa shape index (κ2) is 35.8. The topological polar surface area (TPSA) is 161 Å². The largest absolute Gasteiger partial charge is 0.472 e. The number of hydrogen-bond donors (Lipinski definition) is 3. The molecule has 0 radical (unpaired) electrons. The Balaban J connectivity index is 2.32. The summed E-state index contributed by atoms with van der Waals surface area (Å²) in [5.41, 5.74) is 0. The van der Waals surface area contributed by atoms with Gasteiger partial charge in [-0.25, -0.2) is 4.57 Å². The summed E-state index contributed by atoms with van der Waals surface area (Å²) in [5, 5.41) is 18.3. The van der Waals surface area contributed by atoms with Crippen LogP contribution in [0.4, 0.5) is 0 Å². The number of aliphatic hydroxyl groups excluding tert-OH is 2. The van der Waals surface area contributed by atoms with Crippen LogP contribution in [-0.2, 0) is 37.4 Å². The third-order valence-corrected chi connectivity index (χ3v) is 10.0. The zero-order chi connectivity index (χ0) is 41.0. The van der Waals surface area contributed by atoms with Gasteiger partial charge in [-0.05, 0) is 77.0 Å². The summed E-state index contributed by atoms with van der Waals surface area (Å²) in [7, 11) is -4.64. The minimum Gasteiger partial charge on any atom is -0.462 e. The smallest absolute Gasteiger partial charge is 0.462 e. The molecule has 1 fully saturated rings. The summed E-state index contributed by atoms with van der Waals surface area (Å²) >= 11 is 0. The lowest BCUT2D eigenvalue weighted by Crippen LogP contribution is -2.29. The maximum atomic E-state index is 12.6. The van der Waals surface area contributed by atoms with E-state index in [0.29, 0.717) is 31.5 Å². The Morgan fingerprint density at radius 2 is 1.18 bits per heavy atom. The second-order valence-corrected chi connectivity index (χ2v) is 15.8. The van der Waals surface area contributed by atoms with Crippen LogP contribution in [0.25, 0.3) is 0 Å². The number of epoxide rings is 1. The van der Waals surface area contributed by atoms with Gasteiger partial charge in [-0.1, -0.05) is 126 Å². The number of carbonyl (C=O) groups is 2. The number of aliphatic hydroxyl groups is 2. The first-order chi connectivity index (χ1) is 27.2. The molecule has 322 valence electrons. The number of hydrogen-bond acceptors (Lipinski definition) is 10. The highest BCUT2D eigenvalue weighted by Gasteiger charge is 2.36. The van der Waals surface area contributed by atoms with Gasteiger partial charge in [0, 0.05) is 12.8 Å². The van der Waals surface area contributed by atoms with Crippen molar-refractivity contribution in [3.63, 3.8) is 0 Å². The van der Waals surface area contributed by atoms with Crippen LogP contribution < -0.4 is 0 Å². The Bertz CT molecular complexity index is 1180. The van der Waals surface area contributed by atoms with Crippen LogP contribution in [0.5, 0.6) is 0 Å². The minimum absolute atomic E-state index is 0.147. The van der Waals surface area contributed by atoms with Crippen molar-refractivity contribution < 1.29 is 52.5 Å². The predicted octanol–water partition coefficient (Wildman–Crippen LogP) is 10.1. The maximum Gasteiger partial charge on any atom is 0.472 e. The van der Waals surface area contributed by atoms with Gasteiger partial charge in [-0.2, -0.15) is 0 Å². The predicted molar refractivity (Wildman–Crippen MR) is 223 cm³/mol. The normalized spacial score (nSPS) is 18.1. The first-order valence-electron chi connectivity index (χ1n) is 21.4. The van der Waals surface area contributed by atoms with Crippen LogP contribution in [0.2, 0.25) is 0 Å². The molecule has 0 bridgehead atoms. The molecule has 1 aliphatic rings. The van der Waals surface area contributed by atoms with E-state index in [1.807, 2.05) is 6.08 Å². The molecule has 0 aliphatic carbocycles. The average molecular weight is 811 g/mol. The van der Waals surface area contributed by atoms with Gasteiger partial charge >= 0.3 is 19.8 Å². The number of unbranched alkanes of at least 4 members (excludes halogenated alkanes) is 11. The monoisotopic (exact) mass is 811 g/mol. The number of carbonyl (C=O) groups excluding carboxylic acids is 2. The molecule has 0 spiro atoms. The lowest BCUT2D eigenvalue weighted by Gasteiger charge is -2.20. The molecule has 11 nitrogen and oxygen atoms in total. The van der Waals surface area contributed by atoms with E-state index in [4.69, 9.17) is 23.8 Å². The molecule has 1 saturated heterocycles. The van der Waals surface area contributed by atoms with Crippen LogP contribution in [0, 0.1) is 0 Å². The number of esters is 2. The van der Waals surface area contributed by atoms with E-state index in [1.54, 1.807) is 0 Å². The van der Waals surface area contributed by atoms with Crippen LogP contribution in [0.1, 0.15) is 155 Å². The SMILES string of the molecule is CCCCC/C=C\C/C=C\C/C=C\C/C=C\CCCC(=O)OC[C@H](COP(=O)(O)OC[C@@H](O)CO)OC(=O)CCCCCCCC1OC1C/C=C\CCCCC. The molecule has 56 heavy (non-hydrogen) atoms. The Labute approximate surface area is 338 Å². The molecule has 1 heterocycles. The highest BCUT2D eigenvalue weighted by molar-refractivity contribution is 7.47. The fourth-order valence-corrected chi connectivity index (χ4v) is 6.43. The van der Waals surface area contributed by atoms with Crippen molar-refractivity contribution in [3.8, 4) is 0 Å². The summed E-state index contributed by atoms with van der Waals surface area (Å²) in [6, 6.07) is 0. The van der Waals surface area contributed by atoms with Gasteiger partial charge in [0.05, 0.1) is 32.0 Å². The first kappa shape index (κ1) is 51.6. The van der Waals surface area contributed by atoms with Crippen molar-refractivity contribution in [2.75, 3.05) is 26.4 Å². The third-order valence-electron chi connectivity index (χ3n) is 9.07. The van der Waals surface area contributed by atoms with Crippen molar-refractivity contribution in [2.24, 2.45) is 0 Å². The Kier molecular flexibility index (Phi) is 33.0. The quantitative estimate of drug-likeness (QED) is 0.0179. The second-order valence-electron chi connectivity index (χ2n) is 14.4. The van der Waals surface area contributed by atoms with Crippen molar-refractivity contribution in [3.05, 3.63) is 60.8 Å². The molecule has 3 unspecified atom stereocenters. The molecule has 5 atom stereocenters. The van der Waals surface area contributed by atoms with Crippen molar-refractivity contribution >= 4 is 19.8 Å². The minimum atomic E-state index is -4.64. The molecule has 0 saturated carbocycles. The van der Waals surface area contributed by atoms with E-state index in [-0.39, 0.29) is 19.4 Å². The van der Waals surface area contributed by atoms with Crippen molar-refractivity contribution in [1.82, 2.24) is 0 Å². The highest BCUT2D eigenvalue weighted by atomic mass is 31.2. The summed E-state index contributed by atoms with van der Waals surface area (Å²) in [5.74, 6) is -1.02. The molecule has 3 N–H and O–H groups in total. The third kappa shape index (κ3) is 32.7. The molecular formula is C44H75O11P. The Hall–Kier alpha value is -2.37. The molecular weight excluding hydrogens is 735 g/mol. The van der Waals surface area contributed by atoms with Crippen molar-refractivity contribution in [1.29, 1.82) is 0 Å². The van der Waals surface area contributed by atoms with Gasteiger partial charge in [0.25, 0.3) is 0 Å². The van der Waals surface area contributed by atoms with Gasteiger partial charge in [0.2, 0.25) is 0 Å². The van der Waals surface area contributed by atoms with Crippen LogP contribution in [-0.4, -0.2) is 77.9 Å². The van der Waals surface area contributed by atoms with Crippen LogP contribution in [0.15, 0.2) is 60.8 Å². The first-order valence-corrected chi connectivity index (χ1v) is 22.9. The molecule has 1 aliphatic heterocycles. The van der Waals surface area contributed by atoms with Gasteiger partial charge in [-0.15, -0.1) is 0 Å². The molecule has 1 rings (SSSR count). The van der Waals surface area contributed by atoms with Gasteiger partial charge in [0.1, 0.15) is 12.7 Å². The van der Waals surface area contributed by atoms with Crippen molar-refractivity contribution in [2.45, 2.75) is 180 Å². The van der Waals surface area contributed by atoms with E-state index >= 15 is 0 Å². The fraction of sp³-hybridized carbons (Fsp3) is 0.727. The Morgan fingerprint density at radius 3 is 1.80 bits per heavy atom. The number of phosphoric acid groups is 1. The number of ether oxygens (including phenoxy) is 3. The summed E-state index contributed by atoms with van der Waals surface area (Å²) in [6.07, 6.45) is 40.7. The Morgan fingerprint density at radius 1 is 0.643 bits per heavy atom. The number of allylic oxidation sites excluding steroid dienone is 9. The van der Waals surface area contributed by atoms with Gasteiger partial charge < -0.3 is 29.3 Å². The zero-order valence-electron chi connectivity index (χ0n) is 34.5. The zero-order valence-corrected chi connectivity index (χ0v) is 35.4. The molecule has 0 aromatic heterocycles. The van der Waals surface area contributed by atoms with E-state index in [0.717, 1.165) is 70.6 Å². The average Bonchev–Trinajstić information content (AvgIpc) is 3.94. The van der Waals surface area contributed by atoms with Crippen LogP contribution >= 0.6 is 7.82 Å². The summed E-state index contributed by atoms with van der Waals surface area (Å²) < 4.78 is 38.4. The lowest BCUT2D eigenvalue weighted by molar-refractivity contribution is -0.161. The highest BCUT2D eigenvalue weighted by Crippen LogP contribution is 2.43. The van der Waals surface area contributed by atoms with Gasteiger partial charge in [0.15, 0.2) is 6.10 Å². The van der Waals surface area contributed by atoms with E-state index in [9.17, 15) is 24.2 Å². The van der Waals surface area contributed by atoms with Gasteiger partial charge in [-0.3, -0.25) is 18.6 Å². The molecule has 0 amide bonds. The molecule has 12 heteroatoms. The van der Waals surface area contributed by atoms with E-state index in [2.05, 4.69) is 73.1 Å². The standard InChI is InChI=1S/C44H75O11P/c1-3-5-7-9-11-12-13-14-15-16-17-18-19-20-21-25-29-33-43(47)51-37-40(38-53-56(49,50)52-36-39(46)35-45)54-44(48)34-30-26-22-24-28-32-42-41(55-42)31-27-23-10-8-6-4-2/h11-12,14-15,17-18,20-21,23,27,39-42,45-46H,3-10,13,16,19,22,24-26,28-38H2,1-2H3,(H,49,50)/b12-11-,15-14-,18-17-,21-20-,27-23-/t39-,40+,41?,42?/m0/s1. The maximum absolute atomic E-state index is 12.6.